The SMILES string of the molecule is Cl.NCC1(NC(=O)c2sccc2Br)CCCC1. The van der Waals surface area contributed by atoms with Crippen molar-refractivity contribution in [2.75, 3.05) is 6.54 Å². The topological polar surface area (TPSA) is 55.1 Å². The predicted octanol–water partition coefficient (Wildman–Crippen LogP) is 2.93. The van der Waals surface area contributed by atoms with Crippen molar-refractivity contribution in [3.8, 4) is 0 Å². The first-order chi connectivity index (χ1) is 7.67. The Morgan fingerprint density at radius 3 is 2.65 bits per heavy atom. The maximum atomic E-state index is 12.1. The van der Waals surface area contributed by atoms with E-state index in [1.54, 1.807) is 0 Å². The Kier molecular flexibility index (Phi) is 5.44. The molecule has 1 fully saturated rings. The zero-order valence-electron chi connectivity index (χ0n) is 9.37. The van der Waals surface area contributed by atoms with Crippen molar-refractivity contribution in [2.24, 2.45) is 5.73 Å². The van der Waals surface area contributed by atoms with E-state index in [-0.39, 0.29) is 23.9 Å². The van der Waals surface area contributed by atoms with Crippen LogP contribution in [-0.4, -0.2) is 18.0 Å². The van der Waals surface area contributed by atoms with Gasteiger partial charge in [-0.1, -0.05) is 12.8 Å². The van der Waals surface area contributed by atoms with Crippen LogP contribution in [0.25, 0.3) is 0 Å². The monoisotopic (exact) mass is 338 g/mol. The fourth-order valence-electron chi connectivity index (χ4n) is 2.19. The quantitative estimate of drug-likeness (QED) is 0.889. The van der Waals surface area contributed by atoms with Crippen LogP contribution in [0, 0.1) is 0 Å². The maximum Gasteiger partial charge on any atom is 0.262 e. The van der Waals surface area contributed by atoms with E-state index in [9.17, 15) is 4.79 Å². The van der Waals surface area contributed by atoms with Gasteiger partial charge in [0.1, 0.15) is 4.88 Å². The standard InChI is InChI=1S/C11H15BrN2OS.ClH/c12-8-3-6-16-9(8)10(15)14-11(7-13)4-1-2-5-11;/h3,6H,1-2,4-5,7,13H2,(H,14,15);1H. The highest BCUT2D eigenvalue weighted by atomic mass is 79.9. The zero-order chi connectivity index (χ0) is 11.6. The van der Waals surface area contributed by atoms with E-state index in [0.717, 1.165) is 35.0 Å². The van der Waals surface area contributed by atoms with Gasteiger partial charge in [0.2, 0.25) is 0 Å². The van der Waals surface area contributed by atoms with Gasteiger partial charge in [0.05, 0.1) is 5.54 Å². The van der Waals surface area contributed by atoms with Crippen LogP contribution in [0.4, 0.5) is 0 Å². The molecule has 1 aromatic rings. The molecular weight excluding hydrogens is 324 g/mol. The minimum absolute atomic E-state index is 0. The summed E-state index contributed by atoms with van der Waals surface area (Å²) in [5.41, 5.74) is 5.62. The lowest BCUT2D eigenvalue weighted by Crippen LogP contribution is -2.51. The number of nitrogens with one attached hydrogen (secondary N) is 1. The molecule has 6 heteroatoms. The number of halogens is 2. The van der Waals surface area contributed by atoms with Gasteiger partial charge in [-0.2, -0.15) is 0 Å². The molecule has 17 heavy (non-hydrogen) atoms. The Labute approximate surface area is 120 Å². The van der Waals surface area contributed by atoms with Crippen LogP contribution in [0.3, 0.4) is 0 Å². The Morgan fingerprint density at radius 2 is 2.18 bits per heavy atom. The fraction of sp³-hybridized carbons (Fsp3) is 0.545. The van der Waals surface area contributed by atoms with Gasteiger partial charge in [-0.05, 0) is 40.2 Å². The molecule has 0 radical (unpaired) electrons. The Bertz CT molecular complexity index is 391. The van der Waals surface area contributed by atoms with Gasteiger partial charge < -0.3 is 11.1 Å². The molecule has 1 heterocycles. The van der Waals surface area contributed by atoms with Gasteiger partial charge in [0.15, 0.2) is 0 Å². The second-order valence-electron chi connectivity index (χ2n) is 4.24. The molecule has 0 bridgehead atoms. The highest BCUT2D eigenvalue weighted by Crippen LogP contribution is 2.30. The number of thiophene rings is 1. The van der Waals surface area contributed by atoms with Gasteiger partial charge >= 0.3 is 0 Å². The van der Waals surface area contributed by atoms with Crippen molar-refractivity contribution >= 4 is 45.6 Å². The van der Waals surface area contributed by atoms with E-state index in [1.165, 1.54) is 11.3 Å². The van der Waals surface area contributed by atoms with Crippen molar-refractivity contribution in [1.82, 2.24) is 5.32 Å². The summed E-state index contributed by atoms with van der Waals surface area (Å²) in [6.45, 7) is 0.529. The van der Waals surface area contributed by atoms with Crippen molar-refractivity contribution in [1.29, 1.82) is 0 Å². The number of carbonyl (C=O) groups is 1. The Balaban J connectivity index is 0.00000144. The number of nitrogens with two attached hydrogens (primary N) is 1. The Hall–Kier alpha value is -0.100. The van der Waals surface area contributed by atoms with E-state index in [1.807, 2.05) is 11.4 Å². The molecule has 3 N–H and O–H groups in total. The molecule has 0 atom stereocenters. The van der Waals surface area contributed by atoms with E-state index in [2.05, 4.69) is 21.2 Å². The summed E-state index contributed by atoms with van der Waals surface area (Å²) in [7, 11) is 0. The van der Waals surface area contributed by atoms with E-state index >= 15 is 0 Å². The number of carbonyl (C=O) groups excluding carboxylic acids is 1. The third-order valence-corrected chi connectivity index (χ3v) is 4.99. The molecule has 1 aromatic heterocycles. The molecule has 1 saturated carbocycles. The minimum atomic E-state index is -0.166. The summed E-state index contributed by atoms with van der Waals surface area (Å²) < 4.78 is 0.861. The van der Waals surface area contributed by atoms with Gasteiger partial charge in [-0.15, -0.1) is 23.7 Å². The lowest BCUT2D eigenvalue weighted by atomic mass is 9.98. The summed E-state index contributed by atoms with van der Waals surface area (Å²) in [5.74, 6) is -0.00535. The molecular formula is C11H16BrClN2OS. The van der Waals surface area contributed by atoms with Gasteiger partial charge in [0.25, 0.3) is 5.91 Å². The van der Waals surface area contributed by atoms with Gasteiger partial charge in [0, 0.05) is 11.0 Å². The summed E-state index contributed by atoms with van der Waals surface area (Å²) in [6.07, 6.45) is 4.31. The molecule has 0 spiro atoms. The van der Waals surface area contributed by atoms with Crippen LogP contribution in [0.5, 0.6) is 0 Å². The molecule has 0 unspecified atom stereocenters. The van der Waals surface area contributed by atoms with Crippen LogP contribution in [0.2, 0.25) is 0 Å². The van der Waals surface area contributed by atoms with Crippen molar-refractivity contribution in [3.05, 3.63) is 20.8 Å². The highest BCUT2D eigenvalue weighted by molar-refractivity contribution is 9.10. The van der Waals surface area contributed by atoms with Crippen LogP contribution in [0.15, 0.2) is 15.9 Å². The maximum absolute atomic E-state index is 12.1. The molecule has 3 nitrogen and oxygen atoms in total. The number of hydrogen-bond donors (Lipinski definition) is 2. The minimum Gasteiger partial charge on any atom is -0.345 e. The molecule has 0 saturated heterocycles. The van der Waals surface area contributed by atoms with Crippen LogP contribution < -0.4 is 11.1 Å². The average Bonchev–Trinajstić information content (AvgIpc) is 2.87. The number of hydrogen-bond acceptors (Lipinski definition) is 3. The Morgan fingerprint density at radius 1 is 1.53 bits per heavy atom. The van der Waals surface area contributed by atoms with Crippen molar-refractivity contribution in [3.63, 3.8) is 0 Å². The number of rotatable bonds is 3. The fourth-order valence-corrected chi connectivity index (χ4v) is 3.63. The molecule has 96 valence electrons. The molecule has 1 aliphatic rings. The van der Waals surface area contributed by atoms with Crippen molar-refractivity contribution in [2.45, 2.75) is 31.2 Å². The average molecular weight is 340 g/mol. The predicted molar refractivity (Wildman–Crippen MR) is 77.0 cm³/mol. The third kappa shape index (κ3) is 3.22. The number of amides is 1. The second kappa shape index (κ2) is 6.18. The van der Waals surface area contributed by atoms with Crippen LogP contribution >= 0.6 is 39.7 Å². The normalized spacial score (nSPS) is 17.5. The molecule has 1 amide bonds. The first kappa shape index (κ1) is 15.0. The zero-order valence-corrected chi connectivity index (χ0v) is 12.6. The summed E-state index contributed by atoms with van der Waals surface area (Å²) in [4.78, 5) is 12.8. The summed E-state index contributed by atoms with van der Waals surface area (Å²) in [5, 5.41) is 5.01. The second-order valence-corrected chi connectivity index (χ2v) is 6.01. The first-order valence-electron chi connectivity index (χ1n) is 5.42. The third-order valence-electron chi connectivity index (χ3n) is 3.15. The highest BCUT2D eigenvalue weighted by Gasteiger charge is 2.34. The smallest absolute Gasteiger partial charge is 0.262 e. The molecule has 1 aliphatic carbocycles. The van der Waals surface area contributed by atoms with Gasteiger partial charge in [-0.3, -0.25) is 4.79 Å². The van der Waals surface area contributed by atoms with Crippen LogP contribution in [-0.2, 0) is 0 Å². The summed E-state index contributed by atoms with van der Waals surface area (Å²) >= 11 is 4.82. The summed E-state index contributed by atoms with van der Waals surface area (Å²) in [6, 6.07) is 1.89. The molecule has 0 aromatic carbocycles. The lowest BCUT2D eigenvalue weighted by Gasteiger charge is -2.28. The van der Waals surface area contributed by atoms with Gasteiger partial charge in [-0.25, -0.2) is 0 Å². The lowest BCUT2D eigenvalue weighted by molar-refractivity contribution is 0.0906. The molecule has 2 rings (SSSR count). The van der Waals surface area contributed by atoms with E-state index in [0.29, 0.717) is 6.54 Å². The first-order valence-corrected chi connectivity index (χ1v) is 7.10. The van der Waals surface area contributed by atoms with E-state index < -0.39 is 0 Å². The van der Waals surface area contributed by atoms with Crippen LogP contribution in [0.1, 0.15) is 35.4 Å². The van der Waals surface area contributed by atoms with E-state index in [4.69, 9.17) is 5.73 Å². The van der Waals surface area contributed by atoms with Crippen molar-refractivity contribution < 1.29 is 4.79 Å². The molecule has 0 aliphatic heterocycles. The largest absolute Gasteiger partial charge is 0.345 e.